The third-order valence-electron chi connectivity index (χ3n) is 3.32. The molecule has 2 aromatic rings. The highest BCUT2D eigenvalue weighted by Crippen LogP contribution is 2.50. The van der Waals surface area contributed by atoms with Gasteiger partial charge in [-0.1, -0.05) is 42.5 Å². The van der Waals surface area contributed by atoms with Crippen LogP contribution in [0.5, 0.6) is 5.75 Å². The average molecular weight is 350 g/mol. The fraction of sp³-hybridized carbons (Fsp3) is 0.250. The number of halogens is 6. The van der Waals surface area contributed by atoms with Crippen molar-refractivity contribution in [1.29, 1.82) is 0 Å². The number of aliphatic hydroxyl groups is 1. The van der Waals surface area contributed by atoms with Gasteiger partial charge in [0.2, 0.25) is 0 Å². The molecule has 0 atom stereocenters. The molecule has 0 aliphatic rings. The third kappa shape index (κ3) is 3.48. The zero-order valence-electron chi connectivity index (χ0n) is 12.0. The molecule has 8 heteroatoms. The summed E-state index contributed by atoms with van der Waals surface area (Å²) < 4.78 is 82.4. The maximum Gasteiger partial charge on any atom is 0.430 e. The lowest BCUT2D eigenvalue weighted by Crippen LogP contribution is -2.53. The molecule has 0 unspecified atom stereocenters. The van der Waals surface area contributed by atoms with Crippen molar-refractivity contribution in [2.24, 2.45) is 0 Å². The zero-order chi connectivity index (χ0) is 18.0. The van der Waals surface area contributed by atoms with E-state index >= 15 is 0 Å². The van der Waals surface area contributed by atoms with Gasteiger partial charge < -0.3 is 9.84 Å². The normalized spacial score (nSPS) is 13.0. The van der Waals surface area contributed by atoms with E-state index in [0.717, 1.165) is 6.07 Å². The van der Waals surface area contributed by atoms with Gasteiger partial charge in [-0.3, -0.25) is 0 Å². The van der Waals surface area contributed by atoms with Crippen LogP contribution in [-0.4, -0.2) is 17.5 Å². The van der Waals surface area contributed by atoms with Crippen LogP contribution >= 0.6 is 0 Å². The van der Waals surface area contributed by atoms with Crippen LogP contribution in [0.3, 0.4) is 0 Å². The van der Waals surface area contributed by atoms with Crippen LogP contribution in [0.2, 0.25) is 0 Å². The molecule has 2 aromatic carbocycles. The van der Waals surface area contributed by atoms with E-state index in [1.807, 2.05) is 0 Å². The summed E-state index contributed by atoms with van der Waals surface area (Å²) >= 11 is 0. The Balaban J connectivity index is 2.31. The van der Waals surface area contributed by atoms with Gasteiger partial charge in [0.1, 0.15) is 12.4 Å². The Morgan fingerprint density at radius 3 is 1.92 bits per heavy atom. The van der Waals surface area contributed by atoms with Crippen molar-refractivity contribution in [3.8, 4) is 5.75 Å². The largest absolute Gasteiger partial charge is 0.489 e. The Morgan fingerprint density at radius 2 is 1.38 bits per heavy atom. The summed E-state index contributed by atoms with van der Waals surface area (Å²) in [6.45, 7) is -0.0409. The molecule has 0 spiro atoms. The van der Waals surface area contributed by atoms with Crippen molar-refractivity contribution in [3.63, 3.8) is 0 Å². The minimum absolute atomic E-state index is 0.0409. The number of alkyl halides is 6. The van der Waals surface area contributed by atoms with Crippen LogP contribution in [0.4, 0.5) is 26.3 Å². The van der Waals surface area contributed by atoms with E-state index in [4.69, 9.17) is 4.74 Å². The van der Waals surface area contributed by atoms with Crippen molar-refractivity contribution < 1.29 is 36.2 Å². The van der Waals surface area contributed by atoms with Crippen LogP contribution in [0.25, 0.3) is 0 Å². The Kier molecular flexibility index (Phi) is 4.80. The summed E-state index contributed by atoms with van der Waals surface area (Å²) in [5.74, 6) is -0.219. The van der Waals surface area contributed by atoms with Crippen molar-refractivity contribution in [2.75, 3.05) is 0 Å². The van der Waals surface area contributed by atoms with Gasteiger partial charge in [0.15, 0.2) is 0 Å². The maximum atomic E-state index is 12.9. The molecule has 0 heterocycles. The van der Waals surface area contributed by atoms with Gasteiger partial charge in [-0.15, -0.1) is 0 Å². The first-order valence-corrected chi connectivity index (χ1v) is 6.69. The lowest BCUT2D eigenvalue weighted by Gasteiger charge is -2.32. The molecular formula is C16H12F6O2. The van der Waals surface area contributed by atoms with Crippen molar-refractivity contribution in [3.05, 3.63) is 65.7 Å². The SMILES string of the molecule is OC(c1cccc(OCc2ccccc2)c1)(C(F)(F)F)C(F)(F)F. The van der Waals surface area contributed by atoms with Gasteiger partial charge in [0, 0.05) is 5.56 Å². The molecule has 24 heavy (non-hydrogen) atoms. The minimum atomic E-state index is -5.93. The number of hydrogen-bond acceptors (Lipinski definition) is 2. The van der Waals surface area contributed by atoms with E-state index in [1.165, 1.54) is 6.07 Å². The van der Waals surface area contributed by atoms with E-state index in [1.54, 1.807) is 30.3 Å². The van der Waals surface area contributed by atoms with Crippen LogP contribution in [-0.2, 0) is 12.2 Å². The van der Waals surface area contributed by atoms with Crippen molar-refractivity contribution in [1.82, 2.24) is 0 Å². The molecule has 0 saturated carbocycles. The number of rotatable bonds is 4. The average Bonchev–Trinajstić information content (AvgIpc) is 2.51. The molecule has 2 nitrogen and oxygen atoms in total. The summed E-state index contributed by atoms with van der Waals surface area (Å²) in [6, 6.07) is 11.8. The standard InChI is InChI=1S/C16H12F6O2/c17-15(18,19)14(23,16(20,21)22)12-7-4-8-13(9-12)24-10-11-5-2-1-3-6-11/h1-9,23H,10H2. The Labute approximate surface area is 133 Å². The van der Waals surface area contributed by atoms with Crippen LogP contribution in [0.1, 0.15) is 11.1 Å². The molecule has 0 aliphatic heterocycles. The quantitative estimate of drug-likeness (QED) is 0.818. The van der Waals surface area contributed by atoms with Gasteiger partial charge in [0.05, 0.1) is 0 Å². The van der Waals surface area contributed by atoms with E-state index in [9.17, 15) is 31.4 Å². The first-order chi connectivity index (χ1) is 11.1. The summed E-state index contributed by atoms with van der Waals surface area (Å²) in [5.41, 5.74) is -5.63. The number of hydrogen-bond donors (Lipinski definition) is 1. The summed E-state index contributed by atoms with van der Waals surface area (Å²) in [7, 11) is 0. The molecule has 1 N–H and O–H groups in total. The maximum absolute atomic E-state index is 12.9. The second-order valence-corrected chi connectivity index (χ2v) is 5.01. The molecule has 0 bridgehead atoms. The van der Waals surface area contributed by atoms with Gasteiger partial charge in [0.25, 0.3) is 5.60 Å². The van der Waals surface area contributed by atoms with Gasteiger partial charge in [-0.2, -0.15) is 26.3 Å². The third-order valence-corrected chi connectivity index (χ3v) is 3.32. The van der Waals surface area contributed by atoms with Gasteiger partial charge in [-0.25, -0.2) is 0 Å². The topological polar surface area (TPSA) is 29.5 Å². The fourth-order valence-corrected chi connectivity index (χ4v) is 2.04. The van der Waals surface area contributed by atoms with E-state index in [0.29, 0.717) is 17.7 Å². The monoisotopic (exact) mass is 350 g/mol. The lowest BCUT2D eigenvalue weighted by atomic mass is 9.92. The van der Waals surface area contributed by atoms with Crippen LogP contribution < -0.4 is 4.74 Å². The van der Waals surface area contributed by atoms with Crippen molar-refractivity contribution in [2.45, 2.75) is 24.6 Å². The second kappa shape index (κ2) is 6.35. The van der Waals surface area contributed by atoms with Gasteiger partial charge in [-0.05, 0) is 17.7 Å². The fourth-order valence-electron chi connectivity index (χ4n) is 2.04. The minimum Gasteiger partial charge on any atom is -0.489 e. The number of benzene rings is 2. The molecule has 0 aliphatic carbocycles. The predicted octanol–water partition coefficient (Wildman–Crippen LogP) is 4.58. The van der Waals surface area contributed by atoms with Crippen LogP contribution in [0, 0.1) is 0 Å². The summed E-state index contributed by atoms with van der Waals surface area (Å²) in [4.78, 5) is 0. The van der Waals surface area contributed by atoms with Crippen LogP contribution in [0.15, 0.2) is 54.6 Å². The Hall–Kier alpha value is -2.22. The number of ether oxygens (including phenoxy) is 1. The Morgan fingerprint density at radius 1 is 0.792 bits per heavy atom. The summed E-state index contributed by atoms with van der Waals surface area (Å²) in [6.07, 6.45) is -11.9. The zero-order valence-corrected chi connectivity index (χ0v) is 12.0. The van der Waals surface area contributed by atoms with E-state index in [2.05, 4.69) is 0 Å². The molecular weight excluding hydrogens is 338 g/mol. The second-order valence-electron chi connectivity index (χ2n) is 5.01. The highest BCUT2D eigenvalue weighted by Gasteiger charge is 2.71. The molecule has 2 rings (SSSR count). The molecule has 0 aromatic heterocycles. The molecule has 0 amide bonds. The lowest BCUT2D eigenvalue weighted by molar-refractivity contribution is -0.376. The molecule has 0 radical (unpaired) electrons. The first-order valence-electron chi connectivity index (χ1n) is 6.69. The first kappa shape index (κ1) is 18.1. The Bertz CT molecular complexity index is 665. The van der Waals surface area contributed by atoms with Gasteiger partial charge >= 0.3 is 12.4 Å². The molecule has 130 valence electrons. The predicted molar refractivity (Wildman–Crippen MR) is 73.2 cm³/mol. The summed E-state index contributed by atoms with van der Waals surface area (Å²) in [5, 5.41) is 9.36. The molecule has 0 fully saturated rings. The highest BCUT2D eigenvalue weighted by atomic mass is 19.4. The van der Waals surface area contributed by atoms with Crippen molar-refractivity contribution >= 4 is 0 Å². The van der Waals surface area contributed by atoms with E-state index in [-0.39, 0.29) is 12.4 Å². The van der Waals surface area contributed by atoms with E-state index < -0.39 is 23.5 Å². The molecule has 0 saturated heterocycles. The smallest absolute Gasteiger partial charge is 0.430 e. The highest BCUT2D eigenvalue weighted by molar-refractivity contribution is 5.35.